The second kappa shape index (κ2) is 3.86. The molecule has 0 aliphatic heterocycles. The lowest BCUT2D eigenvalue weighted by atomic mass is 10.3. The summed E-state index contributed by atoms with van der Waals surface area (Å²) < 4.78 is 22.7. The Labute approximate surface area is 94.1 Å². The van der Waals surface area contributed by atoms with E-state index < -0.39 is 10.0 Å². The second-order valence-corrected chi connectivity index (χ2v) is 7.27. The highest BCUT2D eigenvalue weighted by molar-refractivity contribution is 9.09. The summed E-state index contributed by atoms with van der Waals surface area (Å²) in [6, 6.07) is 1.60. The highest BCUT2D eigenvalue weighted by atomic mass is 79.9. The summed E-state index contributed by atoms with van der Waals surface area (Å²) in [4.78, 5) is -0.0791. The third-order valence-electron chi connectivity index (χ3n) is 1.38. The molecule has 0 fully saturated rings. The van der Waals surface area contributed by atoms with Crippen LogP contribution in [0.25, 0.3) is 0 Å². The van der Waals surface area contributed by atoms with Gasteiger partial charge in [0, 0.05) is 4.83 Å². The smallest absolute Gasteiger partial charge is 0.224 e. The molecule has 13 heavy (non-hydrogen) atoms. The van der Waals surface area contributed by atoms with E-state index >= 15 is 0 Å². The van der Waals surface area contributed by atoms with Crippen molar-refractivity contribution in [1.29, 1.82) is 0 Å². The number of thiophene rings is 1. The Hall–Kier alpha value is 0.380. The molecule has 74 valence electrons. The zero-order chi connectivity index (χ0) is 10.2. The average molecular weight is 305 g/mol. The van der Waals surface area contributed by atoms with Gasteiger partial charge in [0.25, 0.3) is 0 Å². The summed E-state index contributed by atoms with van der Waals surface area (Å²) >= 11 is 9.93. The molecule has 0 amide bonds. The van der Waals surface area contributed by atoms with Crippen LogP contribution in [0.15, 0.2) is 10.3 Å². The molecule has 1 atom stereocenters. The molecule has 1 aromatic rings. The van der Waals surface area contributed by atoms with Crippen LogP contribution in [0, 0.1) is 0 Å². The third kappa shape index (κ3) is 2.66. The van der Waals surface area contributed by atoms with Gasteiger partial charge in [-0.1, -0.05) is 27.5 Å². The van der Waals surface area contributed by atoms with Gasteiger partial charge in [0.05, 0.1) is 4.34 Å². The Morgan fingerprint density at radius 1 is 1.69 bits per heavy atom. The van der Waals surface area contributed by atoms with Crippen LogP contribution in [0.5, 0.6) is 0 Å². The predicted octanol–water partition coefficient (Wildman–Crippen LogP) is 2.50. The Balaban J connectivity index is 3.37. The molecule has 0 aliphatic rings. The van der Waals surface area contributed by atoms with Gasteiger partial charge in [-0.05, 0) is 18.6 Å². The van der Waals surface area contributed by atoms with Gasteiger partial charge in [0.2, 0.25) is 10.0 Å². The number of hydrogen-bond donors (Lipinski definition) is 1. The zero-order valence-electron chi connectivity index (χ0n) is 6.62. The lowest BCUT2D eigenvalue weighted by Crippen LogP contribution is -2.12. The molecule has 0 bridgehead atoms. The van der Waals surface area contributed by atoms with E-state index in [1.807, 2.05) is 6.92 Å². The van der Waals surface area contributed by atoms with Gasteiger partial charge < -0.3 is 0 Å². The number of primary sulfonamides is 1. The van der Waals surface area contributed by atoms with Crippen LogP contribution in [0.2, 0.25) is 4.34 Å². The van der Waals surface area contributed by atoms with Crippen molar-refractivity contribution in [3.05, 3.63) is 16.0 Å². The summed E-state index contributed by atoms with van der Waals surface area (Å²) in [7, 11) is -3.65. The van der Waals surface area contributed by atoms with Crippen LogP contribution in [-0.4, -0.2) is 8.42 Å². The topological polar surface area (TPSA) is 60.2 Å². The highest BCUT2D eigenvalue weighted by Gasteiger charge is 2.20. The second-order valence-electron chi connectivity index (χ2n) is 2.45. The quantitative estimate of drug-likeness (QED) is 0.853. The number of sulfonamides is 1. The fourth-order valence-corrected chi connectivity index (χ4v) is 4.02. The maximum atomic E-state index is 11.1. The van der Waals surface area contributed by atoms with Crippen LogP contribution in [-0.2, 0) is 10.0 Å². The van der Waals surface area contributed by atoms with Crippen LogP contribution in [0.4, 0.5) is 0 Å². The molecule has 0 aromatic carbocycles. The van der Waals surface area contributed by atoms with E-state index in [1.165, 1.54) is 0 Å². The highest BCUT2D eigenvalue weighted by Crippen LogP contribution is 2.36. The average Bonchev–Trinajstić information content (AvgIpc) is 2.29. The van der Waals surface area contributed by atoms with Crippen LogP contribution >= 0.6 is 38.9 Å². The van der Waals surface area contributed by atoms with E-state index in [0.29, 0.717) is 9.90 Å². The third-order valence-corrected chi connectivity index (χ3v) is 4.65. The molecule has 2 N–H and O–H groups in total. The SMILES string of the molecule is CC(Br)c1cc(Cl)sc1S(N)(=O)=O. The first-order valence-electron chi connectivity index (χ1n) is 3.28. The number of hydrogen-bond acceptors (Lipinski definition) is 3. The molecule has 0 saturated carbocycles. The van der Waals surface area contributed by atoms with Gasteiger partial charge in [-0.2, -0.15) is 0 Å². The minimum atomic E-state index is -3.65. The first-order valence-corrected chi connectivity index (χ1v) is 6.94. The van der Waals surface area contributed by atoms with Crippen molar-refractivity contribution in [2.75, 3.05) is 0 Å². The number of nitrogens with two attached hydrogens (primary N) is 1. The fraction of sp³-hybridized carbons (Fsp3) is 0.333. The lowest BCUT2D eigenvalue weighted by molar-refractivity contribution is 0.599. The van der Waals surface area contributed by atoms with Gasteiger partial charge in [-0.15, -0.1) is 11.3 Å². The minimum Gasteiger partial charge on any atom is -0.224 e. The van der Waals surface area contributed by atoms with E-state index in [4.69, 9.17) is 16.7 Å². The molecule has 1 heterocycles. The van der Waals surface area contributed by atoms with Crippen molar-refractivity contribution < 1.29 is 8.42 Å². The molecule has 1 rings (SSSR count). The van der Waals surface area contributed by atoms with Crippen molar-refractivity contribution in [1.82, 2.24) is 0 Å². The van der Waals surface area contributed by atoms with Gasteiger partial charge >= 0.3 is 0 Å². The van der Waals surface area contributed by atoms with E-state index in [0.717, 1.165) is 11.3 Å². The van der Waals surface area contributed by atoms with Crippen molar-refractivity contribution >= 4 is 48.9 Å². The normalized spacial score (nSPS) is 14.5. The van der Waals surface area contributed by atoms with Gasteiger partial charge in [0.15, 0.2) is 0 Å². The fourth-order valence-electron chi connectivity index (χ4n) is 0.858. The maximum Gasteiger partial charge on any atom is 0.247 e. The summed E-state index contributed by atoms with van der Waals surface area (Å²) in [6.45, 7) is 1.81. The van der Waals surface area contributed by atoms with Gasteiger partial charge in [0.1, 0.15) is 4.21 Å². The molecule has 0 aliphatic carbocycles. The standard InChI is InChI=1S/C6H7BrClNO2S2/c1-3(7)4-2-5(8)12-6(4)13(9,10)11/h2-3H,1H3,(H2,9,10,11). The number of rotatable bonds is 2. The Kier molecular flexibility index (Phi) is 3.40. The summed E-state index contributed by atoms with van der Waals surface area (Å²) in [5.41, 5.74) is 0.609. The first-order chi connectivity index (χ1) is 5.82. The van der Waals surface area contributed by atoms with Gasteiger partial charge in [-0.3, -0.25) is 0 Å². The van der Waals surface area contributed by atoms with Crippen molar-refractivity contribution in [2.45, 2.75) is 16.0 Å². The van der Waals surface area contributed by atoms with E-state index in [1.54, 1.807) is 6.07 Å². The Bertz CT molecular complexity index is 412. The molecule has 1 aromatic heterocycles. The first kappa shape index (κ1) is 11.5. The summed E-state index contributed by atoms with van der Waals surface area (Å²) in [6.07, 6.45) is 0. The Morgan fingerprint density at radius 2 is 2.23 bits per heavy atom. The van der Waals surface area contributed by atoms with Gasteiger partial charge in [-0.25, -0.2) is 13.6 Å². The van der Waals surface area contributed by atoms with Crippen molar-refractivity contribution in [3.63, 3.8) is 0 Å². The molecular formula is C6H7BrClNO2S2. The molecule has 7 heteroatoms. The summed E-state index contributed by atoms with van der Waals surface area (Å²) in [5, 5.41) is 5.01. The monoisotopic (exact) mass is 303 g/mol. The largest absolute Gasteiger partial charge is 0.247 e. The molecule has 3 nitrogen and oxygen atoms in total. The molecule has 0 radical (unpaired) electrons. The van der Waals surface area contributed by atoms with Crippen LogP contribution in [0.3, 0.4) is 0 Å². The summed E-state index contributed by atoms with van der Waals surface area (Å²) in [5.74, 6) is 0. The minimum absolute atomic E-state index is 0.0791. The molecule has 1 unspecified atom stereocenters. The predicted molar refractivity (Wildman–Crippen MR) is 58.0 cm³/mol. The molecular weight excluding hydrogens is 298 g/mol. The van der Waals surface area contributed by atoms with Crippen molar-refractivity contribution in [2.24, 2.45) is 5.14 Å². The van der Waals surface area contributed by atoms with Crippen LogP contribution < -0.4 is 5.14 Å². The number of alkyl halides is 1. The van der Waals surface area contributed by atoms with E-state index in [2.05, 4.69) is 15.9 Å². The molecule has 0 saturated heterocycles. The molecule has 0 spiro atoms. The van der Waals surface area contributed by atoms with Crippen LogP contribution in [0.1, 0.15) is 17.3 Å². The Morgan fingerprint density at radius 3 is 2.54 bits per heavy atom. The maximum absolute atomic E-state index is 11.1. The van der Waals surface area contributed by atoms with Crippen molar-refractivity contribution in [3.8, 4) is 0 Å². The van der Waals surface area contributed by atoms with E-state index in [-0.39, 0.29) is 9.04 Å². The van der Waals surface area contributed by atoms with E-state index in [9.17, 15) is 8.42 Å². The number of halogens is 2. The zero-order valence-corrected chi connectivity index (χ0v) is 10.6. The lowest BCUT2D eigenvalue weighted by Gasteiger charge is -2.02.